The summed E-state index contributed by atoms with van der Waals surface area (Å²) in [6.07, 6.45) is 3.44. The summed E-state index contributed by atoms with van der Waals surface area (Å²) in [5.41, 5.74) is 1.19. The fourth-order valence-electron chi connectivity index (χ4n) is 2.61. The summed E-state index contributed by atoms with van der Waals surface area (Å²) in [6.45, 7) is 9.63. The Bertz CT molecular complexity index is 527. The molecule has 1 aromatic heterocycles. The normalized spacial score (nSPS) is 15.5. The topological polar surface area (TPSA) is 49.3 Å². The highest BCUT2D eigenvalue weighted by atomic mass is 16.2. The van der Waals surface area contributed by atoms with Crippen molar-refractivity contribution < 1.29 is 4.79 Å². The molecule has 2 rings (SSSR count). The second-order valence-electron chi connectivity index (χ2n) is 6.32. The lowest BCUT2D eigenvalue weighted by Crippen LogP contribution is -2.37. The Morgan fingerprint density at radius 3 is 2.64 bits per heavy atom. The van der Waals surface area contributed by atoms with Crippen LogP contribution in [0, 0.1) is 6.92 Å². The highest BCUT2D eigenvalue weighted by Crippen LogP contribution is 2.39. The minimum atomic E-state index is 0.115. The molecule has 0 aromatic carbocycles. The van der Waals surface area contributed by atoms with Crippen molar-refractivity contribution in [2.75, 3.05) is 25.0 Å². The fourth-order valence-corrected chi connectivity index (χ4v) is 2.61. The van der Waals surface area contributed by atoms with Crippen LogP contribution in [-0.4, -0.2) is 47.0 Å². The van der Waals surface area contributed by atoms with Gasteiger partial charge in [-0.25, -0.2) is 9.97 Å². The highest BCUT2D eigenvalue weighted by Gasteiger charge is 2.26. The number of amides is 1. The van der Waals surface area contributed by atoms with E-state index in [0.717, 1.165) is 31.2 Å². The largest absolute Gasteiger partial charge is 0.357 e. The molecule has 1 saturated carbocycles. The van der Waals surface area contributed by atoms with Crippen LogP contribution in [0.4, 0.5) is 5.82 Å². The molecule has 5 heteroatoms. The standard InChI is InChI=1S/C17H28N4O/c1-6-21(10-9-12(2)20(5)14(4)22)17-11-16(15-7-8-15)18-13(3)19-17/h11-12,15H,6-10H2,1-5H3. The number of rotatable bonds is 7. The fraction of sp³-hybridized carbons (Fsp3) is 0.706. The Balaban J connectivity index is 2.03. The number of aromatic nitrogens is 2. The molecule has 5 nitrogen and oxygen atoms in total. The van der Waals surface area contributed by atoms with Gasteiger partial charge in [0, 0.05) is 50.8 Å². The Morgan fingerprint density at radius 1 is 1.41 bits per heavy atom. The second-order valence-corrected chi connectivity index (χ2v) is 6.32. The van der Waals surface area contributed by atoms with Gasteiger partial charge in [0.25, 0.3) is 0 Å². The molecule has 0 spiro atoms. The van der Waals surface area contributed by atoms with E-state index in [-0.39, 0.29) is 11.9 Å². The van der Waals surface area contributed by atoms with Crippen molar-refractivity contribution in [3.05, 3.63) is 17.6 Å². The molecular formula is C17H28N4O. The molecule has 0 radical (unpaired) electrons. The molecule has 1 atom stereocenters. The first-order valence-electron chi connectivity index (χ1n) is 8.26. The number of hydrogen-bond donors (Lipinski definition) is 0. The van der Waals surface area contributed by atoms with E-state index in [1.54, 1.807) is 11.8 Å². The van der Waals surface area contributed by atoms with E-state index in [2.05, 4.69) is 34.8 Å². The number of hydrogen-bond acceptors (Lipinski definition) is 4. The Labute approximate surface area is 133 Å². The molecule has 1 aliphatic carbocycles. The van der Waals surface area contributed by atoms with Crippen LogP contribution < -0.4 is 4.90 Å². The third kappa shape index (κ3) is 4.18. The summed E-state index contributed by atoms with van der Waals surface area (Å²) in [5.74, 6) is 2.63. The summed E-state index contributed by atoms with van der Waals surface area (Å²) >= 11 is 0. The van der Waals surface area contributed by atoms with E-state index >= 15 is 0 Å². The molecular weight excluding hydrogens is 276 g/mol. The van der Waals surface area contributed by atoms with Gasteiger partial charge in [-0.2, -0.15) is 0 Å². The van der Waals surface area contributed by atoms with Gasteiger partial charge in [0.15, 0.2) is 0 Å². The minimum absolute atomic E-state index is 0.115. The maximum Gasteiger partial charge on any atom is 0.219 e. The zero-order chi connectivity index (χ0) is 16.3. The summed E-state index contributed by atoms with van der Waals surface area (Å²) in [6, 6.07) is 2.38. The van der Waals surface area contributed by atoms with E-state index in [4.69, 9.17) is 0 Å². The predicted octanol–water partition coefficient (Wildman–Crippen LogP) is 2.75. The Kier molecular flexibility index (Phi) is 5.37. The van der Waals surface area contributed by atoms with Crippen LogP contribution in [0.15, 0.2) is 6.07 Å². The highest BCUT2D eigenvalue weighted by molar-refractivity contribution is 5.73. The number of carbonyl (C=O) groups excluding carboxylic acids is 1. The average molecular weight is 304 g/mol. The number of nitrogens with zero attached hydrogens (tertiary/aromatic N) is 4. The summed E-state index contributed by atoms with van der Waals surface area (Å²) in [7, 11) is 1.86. The molecule has 0 N–H and O–H groups in total. The number of carbonyl (C=O) groups is 1. The van der Waals surface area contributed by atoms with Gasteiger partial charge in [-0.15, -0.1) is 0 Å². The molecule has 122 valence electrons. The monoisotopic (exact) mass is 304 g/mol. The van der Waals surface area contributed by atoms with Crippen LogP contribution in [0.25, 0.3) is 0 Å². The Hall–Kier alpha value is -1.65. The maximum absolute atomic E-state index is 11.4. The smallest absolute Gasteiger partial charge is 0.219 e. The van der Waals surface area contributed by atoms with Gasteiger partial charge in [-0.3, -0.25) is 4.79 Å². The van der Waals surface area contributed by atoms with E-state index in [9.17, 15) is 4.79 Å². The van der Waals surface area contributed by atoms with Crippen molar-refractivity contribution in [3.8, 4) is 0 Å². The predicted molar refractivity (Wildman–Crippen MR) is 89.2 cm³/mol. The van der Waals surface area contributed by atoms with Gasteiger partial charge in [-0.05, 0) is 40.0 Å². The van der Waals surface area contributed by atoms with Crippen molar-refractivity contribution in [1.29, 1.82) is 0 Å². The van der Waals surface area contributed by atoms with Gasteiger partial charge in [0.1, 0.15) is 11.6 Å². The van der Waals surface area contributed by atoms with Crippen LogP contribution in [0.1, 0.15) is 57.5 Å². The first kappa shape index (κ1) is 16.7. The van der Waals surface area contributed by atoms with Crippen LogP contribution in [-0.2, 0) is 4.79 Å². The summed E-state index contributed by atoms with van der Waals surface area (Å²) < 4.78 is 0. The van der Waals surface area contributed by atoms with Crippen molar-refractivity contribution in [1.82, 2.24) is 14.9 Å². The van der Waals surface area contributed by atoms with E-state index in [1.807, 2.05) is 14.0 Å². The van der Waals surface area contributed by atoms with Crippen LogP contribution in [0.3, 0.4) is 0 Å². The average Bonchev–Trinajstić information content (AvgIpc) is 3.30. The third-order valence-corrected chi connectivity index (χ3v) is 4.52. The van der Waals surface area contributed by atoms with Crippen molar-refractivity contribution in [2.24, 2.45) is 0 Å². The van der Waals surface area contributed by atoms with Crippen molar-refractivity contribution in [3.63, 3.8) is 0 Å². The molecule has 1 heterocycles. The zero-order valence-corrected chi connectivity index (χ0v) is 14.5. The van der Waals surface area contributed by atoms with E-state index < -0.39 is 0 Å². The molecule has 1 amide bonds. The van der Waals surface area contributed by atoms with Crippen LogP contribution in [0.5, 0.6) is 0 Å². The zero-order valence-electron chi connectivity index (χ0n) is 14.5. The van der Waals surface area contributed by atoms with Gasteiger partial charge >= 0.3 is 0 Å². The van der Waals surface area contributed by atoms with E-state index in [0.29, 0.717) is 5.92 Å². The first-order chi connectivity index (χ1) is 10.4. The SMILES string of the molecule is CCN(CCC(C)N(C)C(C)=O)c1cc(C2CC2)nc(C)n1. The number of aryl methyl sites for hydroxylation is 1. The summed E-state index contributed by atoms with van der Waals surface area (Å²) in [5, 5.41) is 0. The molecule has 1 aromatic rings. The quantitative estimate of drug-likeness (QED) is 0.777. The van der Waals surface area contributed by atoms with Crippen LogP contribution in [0.2, 0.25) is 0 Å². The van der Waals surface area contributed by atoms with Gasteiger partial charge in [0.2, 0.25) is 5.91 Å². The molecule has 1 unspecified atom stereocenters. The minimum Gasteiger partial charge on any atom is -0.357 e. The molecule has 1 aliphatic rings. The van der Waals surface area contributed by atoms with Gasteiger partial charge < -0.3 is 9.80 Å². The van der Waals surface area contributed by atoms with Crippen molar-refractivity contribution >= 4 is 11.7 Å². The molecule has 1 fully saturated rings. The first-order valence-corrected chi connectivity index (χ1v) is 8.26. The lowest BCUT2D eigenvalue weighted by atomic mass is 10.2. The van der Waals surface area contributed by atoms with E-state index in [1.165, 1.54) is 18.5 Å². The number of anilines is 1. The van der Waals surface area contributed by atoms with Gasteiger partial charge in [-0.1, -0.05) is 0 Å². The molecule has 0 aliphatic heterocycles. The third-order valence-electron chi connectivity index (χ3n) is 4.52. The second kappa shape index (κ2) is 7.07. The van der Waals surface area contributed by atoms with Crippen LogP contribution >= 0.6 is 0 Å². The van der Waals surface area contributed by atoms with Crippen molar-refractivity contribution in [2.45, 2.75) is 58.9 Å². The molecule has 0 saturated heterocycles. The van der Waals surface area contributed by atoms with Gasteiger partial charge in [0.05, 0.1) is 0 Å². The lowest BCUT2D eigenvalue weighted by Gasteiger charge is -2.28. The molecule has 0 bridgehead atoms. The molecule has 22 heavy (non-hydrogen) atoms. The lowest BCUT2D eigenvalue weighted by molar-refractivity contribution is -0.129. The Morgan fingerprint density at radius 2 is 2.09 bits per heavy atom. The summed E-state index contributed by atoms with van der Waals surface area (Å²) in [4.78, 5) is 24.7. The maximum atomic E-state index is 11.4.